The monoisotopic (exact) mass is 320 g/mol. The minimum Gasteiger partial charge on any atom is -0.483 e. The van der Waals surface area contributed by atoms with Crippen molar-refractivity contribution in [1.82, 2.24) is 5.32 Å². The van der Waals surface area contributed by atoms with Gasteiger partial charge in [0.05, 0.1) is 11.6 Å². The largest absolute Gasteiger partial charge is 0.483 e. The van der Waals surface area contributed by atoms with Crippen LogP contribution in [0.5, 0.6) is 5.75 Å². The third-order valence-electron chi connectivity index (χ3n) is 2.93. The predicted octanol–water partition coefficient (Wildman–Crippen LogP) is 2.64. The van der Waals surface area contributed by atoms with Crippen molar-refractivity contribution < 1.29 is 9.53 Å². The molecule has 4 nitrogen and oxygen atoms in total. The molecule has 21 heavy (non-hydrogen) atoms. The van der Waals surface area contributed by atoms with Crippen molar-refractivity contribution in [2.24, 2.45) is 5.73 Å². The summed E-state index contributed by atoms with van der Waals surface area (Å²) in [7, 11) is 0. The van der Waals surface area contributed by atoms with Crippen molar-refractivity contribution in [3.05, 3.63) is 52.2 Å². The maximum absolute atomic E-state index is 11.9. The number of thiophene rings is 1. The van der Waals surface area contributed by atoms with Gasteiger partial charge >= 0.3 is 0 Å². The number of rotatable bonds is 6. The average Bonchev–Trinajstić information content (AvgIpc) is 2.99. The van der Waals surface area contributed by atoms with Crippen LogP contribution in [0.4, 0.5) is 0 Å². The lowest BCUT2D eigenvalue weighted by Crippen LogP contribution is -2.31. The van der Waals surface area contributed by atoms with Gasteiger partial charge in [-0.3, -0.25) is 4.79 Å². The van der Waals surface area contributed by atoms with Crippen LogP contribution in [0.25, 0.3) is 0 Å². The van der Waals surface area contributed by atoms with E-state index in [-0.39, 0.29) is 23.5 Å². The average molecular weight is 320 g/mol. The molecule has 0 saturated carbocycles. The van der Waals surface area contributed by atoms with Gasteiger partial charge in [0.1, 0.15) is 10.7 Å². The van der Waals surface area contributed by atoms with Crippen LogP contribution in [-0.2, 0) is 4.79 Å². The minimum absolute atomic E-state index is 0.0434. The van der Waals surface area contributed by atoms with Crippen molar-refractivity contribution in [3.8, 4) is 5.75 Å². The molecule has 0 radical (unpaired) electrons. The van der Waals surface area contributed by atoms with Gasteiger partial charge in [-0.05, 0) is 41.4 Å². The van der Waals surface area contributed by atoms with Crippen LogP contribution in [0.3, 0.4) is 0 Å². The quantitative estimate of drug-likeness (QED) is 0.803. The molecule has 2 rings (SSSR count). The van der Waals surface area contributed by atoms with Crippen LogP contribution in [0.2, 0.25) is 0 Å². The molecule has 1 atom stereocenters. The van der Waals surface area contributed by atoms with E-state index in [0.29, 0.717) is 11.3 Å². The number of amides is 1. The Morgan fingerprint density at radius 1 is 1.43 bits per heavy atom. The number of hydrogen-bond donors (Lipinski definition) is 2. The van der Waals surface area contributed by atoms with E-state index in [4.69, 9.17) is 22.7 Å². The molecule has 3 N–H and O–H groups in total. The first-order valence-electron chi connectivity index (χ1n) is 6.41. The topological polar surface area (TPSA) is 64.3 Å². The van der Waals surface area contributed by atoms with Gasteiger partial charge in [0.2, 0.25) is 0 Å². The van der Waals surface area contributed by atoms with E-state index in [9.17, 15) is 4.79 Å². The summed E-state index contributed by atoms with van der Waals surface area (Å²) < 4.78 is 5.50. The third kappa shape index (κ3) is 4.27. The standard InChI is InChI=1S/C15H16N2O2S2/c1-10(11-6-7-21-9-11)17-14(18)8-19-13-5-3-2-4-12(13)15(16)20/h2-7,9-10H,8H2,1H3,(H2,16,20)(H,17,18). The van der Waals surface area contributed by atoms with Crippen LogP contribution in [0, 0.1) is 0 Å². The Morgan fingerprint density at radius 3 is 2.86 bits per heavy atom. The van der Waals surface area contributed by atoms with Gasteiger partial charge < -0.3 is 15.8 Å². The lowest BCUT2D eigenvalue weighted by Gasteiger charge is -2.14. The molecule has 1 heterocycles. The number of carbonyl (C=O) groups excluding carboxylic acids is 1. The van der Waals surface area contributed by atoms with Gasteiger partial charge in [-0.25, -0.2) is 0 Å². The molecule has 0 saturated heterocycles. The summed E-state index contributed by atoms with van der Waals surface area (Å²) in [6.45, 7) is 1.86. The normalized spacial score (nSPS) is 11.7. The lowest BCUT2D eigenvalue weighted by atomic mass is 10.2. The molecule has 0 aliphatic heterocycles. The molecule has 1 aromatic carbocycles. The van der Waals surface area contributed by atoms with Crippen LogP contribution in [0.15, 0.2) is 41.1 Å². The van der Waals surface area contributed by atoms with E-state index >= 15 is 0 Å². The zero-order valence-electron chi connectivity index (χ0n) is 11.5. The Labute approximate surface area is 132 Å². The minimum atomic E-state index is -0.188. The summed E-state index contributed by atoms with van der Waals surface area (Å²) in [5.74, 6) is 0.328. The molecule has 0 aliphatic rings. The molecular weight excluding hydrogens is 304 g/mol. The predicted molar refractivity (Wildman–Crippen MR) is 88.7 cm³/mol. The maximum atomic E-state index is 11.9. The molecule has 110 valence electrons. The second-order valence-electron chi connectivity index (χ2n) is 4.49. The summed E-state index contributed by atoms with van der Waals surface area (Å²) >= 11 is 6.55. The van der Waals surface area contributed by atoms with E-state index in [0.717, 1.165) is 5.56 Å². The highest BCUT2D eigenvalue weighted by Crippen LogP contribution is 2.18. The molecule has 1 unspecified atom stereocenters. The van der Waals surface area contributed by atoms with Crippen molar-refractivity contribution >= 4 is 34.5 Å². The number of ether oxygens (including phenoxy) is 1. The summed E-state index contributed by atoms with van der Waals surface area (Å²) in [5.41, 5.74) is 7.33. The molecule has 0 bridgehead atoms. The number of para-hydroxylation sites is 1. The summed E-state index contributed by atoms with van der Waals surface area (Å²) in [4.78, 5) is 12.2. The van der Waals surface area contributed by atoms with Crippen LogP contribution >= 0.6 is 23.6 Å². The third-order valence-corrected chi connectivity index (χ3v) is 3.85. The SMILES string of the molecule is CC(NC(=O)COc1ccccc1C(N)=S)c1ccsc1. The number of carbonyl (C=O) groups is 1. The fourth-order valence-electron chi connectivity index (χ4n) is 1.83. The molecule has 0 spiro atoms. The van der Waals surface area contributed by atoms with E-state index < -0.39 is 0 Å². The summed E-state index contributed by atoms with van der Waals surface area (Å²) in [6.07, 6.45) is 0. The fraction of sp³-hybridized carbons (Fsp3) is 0.200. The van der Waals surface area contributed by atoms with Gasteiger partial charge in [-0.1, -0.05) is 24.4 Å². The lowest BCUT2D eigenvalue weighted by molar-refractivity contribution is -0.123. The van der Waals surface area contributed by atoms with Gasteiger partial charge in [-0.15, -0.1) is 0 Å². The van der Waals surface area contributed by atoms with Gasteiger partial charge in [0.15, 0.2) is 6.61 Å². The second-order valence-corrected chi connectivity index (χ2v) is 5.71. The van der Waals surface area contributed by atoms with Gasteiger partial charge in [-0.2, -0.15) is 11.3 Å². The number of nitrogens with one attached hydrogen (secondary N) is 1. The first-order valence-corrected chi connectivity index (χ1v) is 7.76. The highest BCUT2D eigenvalue weighted by molar-refractivity contribution is 7.80. The first kappa shape index (κ1) is 15.5. The zero-order chi connectivity index (χ0) is 15.2. The molecule has 1 amide bonds. The Morgan fingerprint density at radius 2 is 2.19 bits per heavy atom. The molecule has 1 aromatic heterocycles. The zero-order valence-corrected chi connectivity index (χ0v) is 13.2. The summed E-state index contributed by atoms with van der Waals surface area (Å²) in [5, 5.41) is 6.87. The number of hydrogen-bond acceptors (Lipinski definition) is 4. The number of thiocarbonyl (C=S) groups is 1. The van der Waals surface area contributed by atoms with Gasteiger partial charge in [0.25, 0.3) is 5.91 Å². The van der Waals surface area contributed by atoms with Crippen LogP contribution in [0.1, 0.15) is 24.1 Å². The molecular formula is C15H16N2O2S2. The van der Waals surface area contributed by atoms with Crippen LogP contribution in [-0.4, -0.2) is 17.5 Å². The molecule has 2 aromatic rings. The van der Waals surface area contributed by atoms with Gasteiger partial charge in [0, 0.05) is 0 Å². The second kappa shape index (κ2) is 7.19. The van der Waals surface area contributed by atoms with Crippen molar-refractivity contribution in [2.45, 2.75) is 13.0 Å². The Balaban J connectivity index is 1.91. The molecule has 6 heteroatoms. The van der Waals surface area contributed by atoms with Crippen LogP contribution < -0.4 is 15.8 Å². The van der Waals surface area contributed by atoms with E-state index in [1.807, 2.05) is 35.9 Å². The van der Waals surface area contributed by atoms with Crippen molar-refractivity contribution in [3.63, 3.8) is 0 Å². The maximum Gasteiger partial charge on any atom is 0.258 e. The first-order chi connectivity index (χ1) is 10.1. The Kier molecular flexibility index (Phi) is 5.30. The summed E-state index contributed by atoms with van der Waals surface area (Å²) in [6, 6.07) is 9.08. The smallest absolute Gasteiger partial charge is 0.258 e. The van der Waals surface area contributed by atoms with Crippen molar-refractivity contribution in [1.29, 1.82) is 0 Å². The Bertz CT molecular complexity index is 626. The van der Waals surface area contributed by atoms with E-state index in [1.54, 1.807) is 23.5 Å². The highest BCUT2D eigenvalue weighted by atomic mass is 32.1. The van der Waals surface area contributed by atoms with E-state index in [1.165, 1.54) is 0 Å². The highest BCUT2D eigenvalue weighted by Gasteiger charge is 2.12. The Hall–Kier alpha value is -1.92. The molecule has 0 aliphatic carbocycles. The molecule has 0 fully saturated rings. The number of nitrogens with two attached hydrogens (primary N) is 1. The van der Waals surface area contributed by atoms with E-state index in [2.05, 4.69) is 5.32 Å². The number of benzene rings is 1. The van der Waals surface area contributed by atoms with Crippen molar-refractivity contribution in [2.75, 3.05) is 6.61 Å². The fourth-order valence-corrected chi connectivity index (χ4v) is 2.75.